The first-order chi connectivity index (χ1) is 35.5. The molecule has 11 aromatic rings. The SMILES string of the molecule is CC1(C)c2ccccc2-c2ccc(N(c3ccc(-c4ccc5c(c4)C4(c6ccccc6-c6ccccc64)c4ccccc4-5)cc3)c3cccc4c3-c3ccccc3C43c4ccccc4-c4ccccc43)cc21. The largest absolute Gasteiger partial charge is 0.310 e. The van der Waals surface area contributed by atoms with E-state index in [-0.39, 0.29) is 5.41 Å². The Balaban J connectivity index is 0.899. The van der Waals surface area contributed by atoms with E-state index in [1.807, 2.05) is 0 Å². The summed E-state index contributed by atoms with van der Waals surface area (Å²) >= 11 is 0. The predicted octanol–water partition coefficient (Wildman–Crippen LogP) is 17.8. The summed E-state index contributed by atoms with van der Waals surface area (Å²) in [6.45, 7) is 4.77. The Morgan fingerprint density at radius 1 is 0.250 bits per heavy atom. The zero-order valence-electron chi connectivity index (χ0n) is 40.1. The maximum absolute atomic E-state index is 2.55. The molecular weight excluding hydrogens is 867 g/mol. The highest BCUT2D eigenvalue weighted by atomic mass is 15.1. The van der Waals surface area contributed by atoms with Gasteiger partial charge in [-0.3, -0.25) is 0 Å². The van der Waals surface area contributed by atoms with Gasteiger partial charge < -0.3 is 4.90 Å². The van der Waals surface area contributed by atoms with E-state index < -0.39 is 10.8 Å². The monoisotopic (exact) mass is 913 g/mol. The van der Waals surface area contributed by atoms with Crippen LogP contribution >= 0.6 is 0 Å². The van der Waals surface area contributed by atoms with Gasteiger partial charge in [-0.05, 0) is 153 Å². The summed E-state index contributed by atoms with van der Waals surface area (Å²) in [6, 6.07) is 94.5. The quantitative estimate of drug-likeness (QED) is 0.170. The minimum atomic E-state index is -0.447. The lowest BCUT2D eigenvalue weighted by Crippen LogP contribution is -2.26. The summed E-state index contributed by atoms with van der Waals surface area (Å²) in [4.78, 5) is 2.55. The summed E-state index contributed by atoms with van der Waals surface area (Å²) in [5, 5.41) is 0. The Labute approximate surface area is 421 Å². The summed E-state index contributed by atoms with van der Waals surface area (Å²) in [5.41, 5.74) is 31.6. The summed E-state index contributed by atoms with van der Waals surface area (Å²) in [7, 11) is 0. The van der Waals surface area contributed by atoms with Crippen molar-refractivity contribution in [2.24, 2.45) is 0 Å². The van der Waals surface area contributed by atoms with Gasteiger partial charge in [-0.1, -0.05) is 226 Å². The molecule has 5 aliphatic rings. The zero-order chi connectivity index (χ0) is 47.5. The highest BCUT2D eigenvalue weighted by Crippen LogP contribution is 2.66. The van der Waals surface area contributed by atoms with E-state index in [4.69, 9.17) is 0 Å². The molecule has 0 N–H and O–H groups in total. The molecule has 0 fully saturated rings. The van der Waals surface area contributed by atoms with Gasteiger partial charge in [0, 0.05) is 22.4 Å². The fourth-order valence-corrected chi connectivity index (χ4v) is 14.6. The minimum absolute atomic E-state index is 0.158. The third-order valence-electron chi connectivity index (χ3n) is 17.5. The molecule has 0 saturated heterocycles. The number of benzene rings is 11. The molecule has 0 amide bonds. The van der Waals surface area contributed by atoms with E-state index in [1.54, 1.807) is 0 Å². The fraction of sp³-hybridized carbons (Fsp3) is 0.0704. The third kappa shape index (κ3) is 4.84. The molecule has 2 spiro atoms. The number of fused-ring (bicyclic) bond motifs is 23. The Bertz CT molecular complexity index is 4040. The lowest BCUT2D eigenvalue weighted by Gasteiger charge is -2.32. The van der Waals surface area contributed by atoms with Gasteiger partial charge in [-0.15, -0.1) is 0 Å². The van der Waals surface area contributed by atoms with Crippen LogP contribution in [0.3, 0.4) is 0 Å². The summed E-state index contributed by atoms with van der Waals surface area (Å²) in [6.07, 6.45) is 0. The second-order valence-corrected chi connectivity index (χ2v) is 21.0. The summed E-state index contributed by atoms with van der Waals surface area (Å²) < 4.78 is 0. The van der Waals surface area contributed by atoms with Crippen LogP contribution in [-0.4, -0.2) is 0 Å². The number of nitrogens with zero attached hydrogens (tertiary/aromatic N) is 1. The first kappa shape index (κ1) is 40.0. The molecule has 0 aliphatic heterocycles. The molecule has 72 heavy (non-hydrogen) atoms. The van der Waals surface area contributed by atoms with Gasteiger partial charge in [-0.25, -0.2) is 0 Å². The van der Waals surface area contributed by atoms with Crippen molar-refractivity contribution in [2.75, 3.05) is 4.90 Å². The third-order valence-corrected chi connectivity index (χ3v) is 17.5. The number of rotatable bonds is 4. The topological polar surface area (TPSA) is 3.24 Å². The fourth-order valence-electron chi connectivity index (χ4n) is 14.6. The van der Waals surface area contributed by atoms with Crippen molar-refractivity contribution in [3.05, 3.63) is 304 Å². The van der Waals surface area contributed by atoms with E-state index >= 15 is 0 Å². The maximum atomic E-state index is 2.55. The van der Waals surface area contributed by atoms with Crippen LogP contribution in [0.25, 0.3) is 66.8 Å². The number of hydrogen-bond acceptors (Lipinski definition) is 1. The number of anilines is 3. The predicted molar refractivity (Wildman–Crippen MR) is 297 cm³/mol. The van der Waals surface area contributed by atoms with Crippen molar-refractivity contribution in [3.8, 4) is 66.8 Å². The molecular formula is C71H47N. The van der Waals surface area contributed by atoms with E-state index in [0.717, 1.165) is 11.4 Å². The van der Waals surface area contributed by atoms with Gasteiger partial charge in [0.05, 0.1) is 16.5 Å². The average Bonchev–Trinajstić information content (AvgIpc) is 4.18. The van der Waals surface area contributed by atoms with Crippen molar-refractivity contribution in [2.45, 2.75) is 30.1 Å². The van der Waals surface area contributed by atoms with Crippen LogP contribution in [0.2, 0.25) is 0 Å². The molecule has 0 bridgehead atoms. The van der Waals surface area contributed by atoms with Crippen LogP contribution in [0.15, 0.2) is 249 Å². The molecule has 5 aliphatic carbocycles. The molecule has 0 unspecified atom stereocenters. The molecule has 11 aromatic carbocycles. The molecule has 16 rings (SSSR count). The Kier molecular flexibility index (Phi) is 7.88. The first-order valence-corrected chi connectivity index (χ1v) is 25.5. The van der Waals surface area contributed by atoms with Crippen LogP contribution in [0, 0.1) is 0 Å². The normalized spacial score (nSPS) is 15.1. The van der Waals surface area contributed by atoms with Crippen LogP contribution in [0.1, 0.15) is 69.5 Å². The van der Waals surface area contributed by atoms with E-state index in [9.17, 15) is 0 Å². The lowest BCUT2D eigenvalue weighted by molar-refractivity contribution is 0.660. The van der Waals surface area contributed by atoms with Gasteiger partial charge in [0.25, 0.3) is 0 Å². The van der Waals surface area contributed by atoms with E-state index in [0.29, 0.717) is 0 Å². The lowest BCUT2D eigenvalue weighted by atomic mass is 9.70. The van der Waals surface area contributed by atoms with Crippen LogP contribution < -0.4 is 4.90 Å². The Hall–Kier alpha value is -8.78. The van der Waals surface area contributed by atoms with Crippen molar-refractivity contribution in [3.63, 3.8) is 0 Å². The van der Waals surface area contributed by atoms with E-state index in [2.05, 4.69) is 267 Å². The minimum Gasteiger partial charge on any atom is -0.310 e. The molecule has 0 saturated carbocycles. The number of hydrogen-bond donors (Lipinski definition) is 0. The first-order valence-electron chi connectivity index (χ1n) is 25.5. The van der Waals surface area contributed by atoms with Gasteiger partial charge in [0.15, 0.2) is 0 Å². The highest BCUT2D eigenvalue weighted by Gasteiger charge is 2.53. The Morgan fingerprint density at radius 3 is 1.14 bits per heavy atom. The van der Waals surface area contributed by atoms with Crippen molar-refractivity contribution in [1.29, 1.82) is 0 Å². The van der Waals surface area contributed by atoms with Crippen molar-refractivity contribution >= 4 is 17.1 Å². The Morgan fingerprint density at radius 2 is 0.611 bits per heavy atom. The zero-order valence-corrected chi connectivity index (χ0v) is 40.1. The molecule has 1 heteroatoms. The second kappa shape index (κ2) is 14.2. The van der Waals surface area contributed by atoms with Crippen molar-refractivity contribution < 1.29 is 0 Å². The standard InChI is InChI=1S/C71H47N/c1-69(2)57-25-10-3-18-48(57)54-41-39-47(43-65(54)69)72(67-33-17-32-64-68(67)56-24-9-16-31-63(56)70(64)58-26-11-4-19-49(58)50-20-5-12-27-59(50)70)46-37-34-44(35-38-46)45-36-40-55-53-23-8-15-30-62(53)71(66(55)42-45)60-28-13-6-21-51(60)52-22-7-14-29-61(52)71/h3-43H,1-2H3. The highest BCUT2D eigenvalue weighted by molar-refractivity contribution is 6.02. The van der Waals surface area contributed by atoms with Crippen molar-refractivity contribution in [1.82, 2.24) is 0 Å². The van der Waals surface area contributed by atoms with Gasteiger partial charge in [-0.2, -0.15) is 0 Å². The van der Waals surface area contributed by atoms with Crippen LogP contribution in [0.4, 0.5) is 17.1 Å². The molecule has 1 nitrogen and oxygen atoms in total. The average molecular weight is 914 g/mol. The maximum Gasteiger partial charge on any atom is 0.0726 e. The molecule has 0 aromatic heterocycles. The molecule has 336 valence electrons. The van der Waals surface area contributed by atoms with Gasteiger partial charge in [0.2, 0.25) is 0 Å². The molecule has 0 atom stereocenters. The van der Waals surface area contributed by atoms with Crippen LogP contribution in [0.5, 0.6) is 0 Å². The van der Waals surface area contributed by atoms with Gasteiger partial charge >= 0.3 is 0 Å². The molecule has 0 heterocycles. The van der Waals surface area contributed by atoms with Gasteiger partial charge in [0.1, 0.15) is 0 Å². The van der Waals surface area contributed by atoms with E-state index in [1.165, 1.54) is 128 Å². The molecule has 0 radical (unpaired) electrons. The van der Waals surface area contributed by atoms with Crippen LogP contribution in [-0.2, 0) is 16.2 Å². The smallest absolute Gasteiger partial charge is 0.0726 e. The summed E-state index contributed by atoms with van der Waals surface area (Å²) in [5.74, 6) is 0. The second-order valence-electron chi connectivity index (χ2n) is 21.0.